The molecule has 1 fully saturated rings. The molecule has 1 unspecified atom stereocenters. The van der Waals surface area contributed by atoms with Crippen LogP contribution in [0, 0.1) is 0 Å². The molecule has 0 amide bonds. The maximum absolute atomic E-state index is 5.45. The van der Waals surface area contributed by atoms with Gasteiger partial charge in [0.1, 0.15) is 0 Å². The van der Waals surface area contributed by atoms with Crippen LogP contribution in [0.4, 0.5) is 0 Å². The molecule has 1 atom stereocenters. The highest BCUT2D eigenvalue weighted by Gasteiger charge is 2.26. The summed E-state index contributed by atoms with van der Waals surface area (Å²) < 4.78 is 5.45. The minimum absolute atomic E-state index is 0.376. The molecule has 4 heteroatoms. The fraction of sp³-hybridized carbons (Fsp3) is 0.412. The van der Waals surface area contributed by atoms with Crippen molar-refractivity contribution in [1.29, 1.82) is 0 Å². The van der Waals surface area contributed by atoms with Crippen LogP contribution in [-0.4, -0.2) is 35.2 Å². The van der Waals surface area contributed by atoms with Gasteiger partial charge in [-0.2, -0.15) is 4.98 Å². The van der Waals surface area contributed by atoms with Gasteiger partial charge in [0.05, 0.1) is 5.92 Å². The predicted molar refractivity (Wildman–Crippen MR) is 83.9 cm³/mol. The molecule has 1 aromatic heterocycles. The van der Waals surface area contributed by atoms with Crippen LogP contribution in [0.1, 0.15) is 37.6 Å². The van der Waals surface area contributed by atoms with E-state index in [1.807, 2.05) is 6.92 Å². The van der Waals surface area contributed by atoms with Gasteiger partial charge in [-0.3, -0.25) is 0 Å². The summed E-state index contributed by atoms with van der Waals surface area (Å²) in [6.45, 7) is 6.26. The number of aromatic nitrogens is 2. The SMILES string of the molecule is C/C=C(\C)c1ccc(-c2noc(C3CCN(C)C3)n2)cc1. The minimum Gasteiger partial charge on any atom is -0.339 e. The van der Waals surface area contributed by atoms with Gasteiger partial charge in [-0.25, -0.2) is 0 Å². The number of allylic oxidation sites excluding steroid dienone is 2. The van der Waals surface area contributed by atoms with Crippen LogP contribution in [-0.2, 0) is 0 Å². The molecule has 1 saturated heterocycles. The first kappa shape index (κ1) is 14.0. The monoisotopic (exact) mass is 283 g/mol. The zero-order chi connectivity index (χ0) is 14.8. The second kappa shape index (κ2) is 5.82. The second-order valence-corrected chi connectivity index (χ2v) is 5.75. The lowest BCUT2D eigenvalue weighted by Crippen LogP contribution is -2.13. The lowest BCUT2D eigenvalue weighted by Gasteiger charge is -2.05. The summed E-state index contributed by atoms with van der Waals surface area (Å²) in [4.78, 5) is 6.87. The van der Waals surface area contributed by atoms with Gasteiger partial charge < -0.3 is 9.42 Å². The van der Waals surface area contributed by atoms with E-state index in [0.29, 0.717) is 11.7 Å². The van der Waals surface area contributed by atoms with Crippen LogP contribution in [0.25, 0.3) is 17.0 Å². The van der Waals surface area contributed by atoms with Crippen molar-refractivity contribution in [2.75, 3.05) is 20.1 Å². The molecule has 1 aromatic carbocycles. The van der Waals surface area contributed by atoms with Gasteiger partial charge >= 0.3 is 0 Å². The van der Waals surface area contributed by atoms with Crippen molar-refractivity contribution >= 4 is 5.57 Å². The van der Waals surface area contributed by atoms with E-state index in [-0.39, 0.29) is 0 Å². The Hall–Kier alpha value is -1.94. The zero-order valence-electron chi connectivity index (χ0n) is 12.8. The number of hydrogen-bond acceptors (Lipinski definition) is 4. The van der Waals surface area contributed by atoms with Crippen LogP contribution < -0.4 is 0 Å². The number of hydrogen-bond donors (Lipinski definition) is 0. The van der Waals surface area contributed by atoms with Gasteiger partial charge in [-0.05, 0) is 45.0 Å². The predicted octanol–water partition coefficient (Wildman–Crippen LogP) is 3.58. The summed E-state index contributed by atoms with van der Waals surface area (Å²) in [6.07, 6.45) is 3.20. The molecule has 21 heavy (non-hydrogen) atoms. The molecule has 1 aliphatic rings. The molecule has 0 spiro atoms. The Labute approximate surface area is 125 Å². The smallest absolute Gasteiger partial charge is 0.231 e. The third kappa shape index (κ3) is 2.90. The average Bonchev–Trinajstić information content (AvgIpc) is 3.15. The number of benzene rings is 1. The van der Waals surface area contributed by atoms with Crippen molar-refractivity contribution in [3.8, 4) is 11.4 Å². The number of likely N-dealkylation sites (N-methyl/N-ethyl adjacent to an activating group) is 1. The van der Waals surface area contributed by atoms with Crippen molar-refractivity contribution in [3.63, 3.8) is 0 Å². The lowest BCUT2D eigenvalue weighted by atomic mass is 10.1. The lowest BCUT2D eigenvalue weighted by molar-refractivity contribution is 0.345. The highest BCUT2D eigenvalue weighted by Crippen LogP contribution is 2.27. The zero-order valence-corrected chi connectivity index (χ0v) is 12.8. The van der Waals surface area contributed by atoms with E-state index in [9.17, 15) is 0 Å². The Kier molecular flexibility index (Phi) is 3.88. The van der Waals surface area contributed by atoms with Crippen LogP contribution in [0.3, 0.4) is 0 Å². The minimum atomic E-state index is 0.376. The molecule has 2 aromatic rings. The molecular formula is C17H21N3O. The van der Waals surface area contributed by atoms with Crippen molar-refractivity contribution < 1.29 is 4.52 Å². The molecular weight excluding hydrogens is 262 g/mol. The molecule has 0 N–H and O–H groups in total. The largest absolute Gasteiger partial charge is 0.339 e. The van der Waals surface area contributed by atoms with Crippen molar-refractivity contribution in [1.82, 2.24) is 15.0 Å². The van der Waals surface area contributed by atoms with E-state index in [0.717, 1.165) is 31.0 Å². The molecule has 110 valence electrons. The average molecular weight is 283 g/mol. The van der Waals surface area contributed by atoms with Crippen LogP contribution in [0.2, 0.25) is 0 Å². The van der Waals surface area contributed by atoms with Crippen molar-refractivity contribution in [2.45, 2.75) is 26.2 Å². The van der Waals surface area contributed by atoms with Crippen molar-refractivity contribution in [3.05, 3.63) is 41.8 Å². The standard InChI is InChI=1S/C17H21N3O/c1-4-12(2)13-5-7-14(8-6-13)16-18-17(21-19-16)15-9-10-20(3)11-15/h4-8,15H,9-11H2,1-3H3/b12-4+. The van der Waals surface area contributed by atoms with Gasteiger partial charge in [-0.1, -0.05) is 35.5 Å². The van der Waals surface area contributed by atoms with Crippen molar-refractivity contribution in [2.24, 2.45) is 0 Å². The van der Waals surface area contributed by atoms with E-state index in [2.05, 4.69) is 59.4 Å². The molecule has 0 saturated carbocycles. The van der Waals surface area contributed by atoms with Gasteiger partial charge in [0, 0.05) is 12.1 Å². The Morgan fingerprint density at radius 1 is 1.33 bits per heavy atom. The van der Waals surface area contributed by atoms with E-state index in [4.69, 9.17) is 4.52 Å². The third-order valence-electron chi connectivity index (χ3n) is 4.21. The maximum Gasteiger partial charge on any atom is 0.231 e. The summed E-state index contributed by atoms with van der Waals surface area (Å²) in [6, 6.07) is 8.31. The first-order chi connectivity index (χ1) is 10.2. The highest BCUT2D eigenvalue weighted by atomic mass is 16.5. The number of rotatable bonds is 3. The van der Waals surface area contributed by atoms with Crippen LogP contribution >= 0.6 is 0 Å². The quantitative estimate of drug-likeness (QED) is 0.863. The van der Waals surface area contributed by atoms with Crippen LogP contribution in [0.15, 0.2) is 34.9 Å². The first-order valence-electron chi connectivity index (χ1n) is 7.43. The Morgan fingerprint density at radius 3 is 2.71 bits per heavy atom. The molecule has 0 aliphatic carbocycles. The van der Waals surface area contributed by atoms with Gasteiger partial charge in [-0.15, -0.1) is 0 Å². The summed E-state index contributed by atoms with van der Waals surface area (Å²) in [7, 11) is 2.12. The molecule has 4 nitrogen and oxygen atoms in total. The molecule has 1 aliphatic heterocycles. The molecule has 0 bridgehead atoms. The molecule has 3 rings (SSSR count). The third-order valence-corrected chi connectivity index (χ3v) is 4.21. The van der Waals surface area contributed by atoms with E-state index >= 15 is 0 Å². The Morgan fingerprint density at radius 2 is 2.10 bits per heavy atom. The second-order valence-electron chi connectivity index (χ2n) is 5.75. The molecule has 0 radical (unpaired) electrons. The van der Waals surface area contributed by atoms with Gasteiger partial charge in [0.2, 0.25) is 11.7 Å². The Balaban J connectivity index is 1.80. The highest BCUT2D eigenvalue weighted by molar-refractivity contribution is 5.66. The number of nitrogens with zero attached hydrogens (tertiary/aromatic N) is 3. The van der Waals surface area contributed by atoms with Gasteiger partial charge in [0.15, 0.2) is 0 Å². The van der Waals surface area contributed by atoms with E-state index in [1.54, 1.807) is 0 Å². The summed E-state index contributed by atoms with van der Waals surface area (Å²) in [5.74, 6) is 1.83. The first-order valence-corrected chi connectivity index (χ1v) is 7.43. The van der Waals surface area contributed by atoms with Crippen LogP contribution in [0.5, 0.6) is 0 Å². The van der Waals surface area contributed by atoms with Gasteiger partial charge in [0.25, 0.3) is 0 Å². The topological polar surface area (TPSA) is 42.2 Å². The Bertz CT molecular complexity index is 642. The fourth-order valence-electron chi connectivity index (χ4n) is 2.70. The summed E-state index contributed by atoms with van der Waals surface area (Å²) in [5.41, 5.74) is 3.50. The molecule has 2 heterocycles. The van der Waals surface area contributed by atoms with E-state index in [1.165, 1.54) is 11.1 Å². The summed E-state index contributed by atoms with van der Waals surface area (Å²) in [5, 5.41) is 4.13. The summed E-state index contributed by atoms with van der Waals surface area (Å²) >= 11 is 0. The number of likely N-dealkylation sites (tertiary alicyclic amines) is 1. The normalized spacial score (nSPS) is 20.1. The fourth-order valence-corrected chi connectivity index (χ4v) is 2.70. The maximum atomic E-state index is 5.45. The van der Waals surface area contributed by atoms with E-state index < -0.39 is 0 Å².